The van der Waals surface area contributed by atoms with Crippen molar-refractivity contribution in [2.24, 2.45) is 5.92 Å². The molecule has 2 aromatic rings. The predicted octanol–water partition coefficient (Wildman–Crippen LogP) is 3.34. The molecule has 1 aliphatic rings. The summed E-state index contributed by atoms with van der Waals surface area (Å²) in [6.45, 7) is 0.912. The van der Waals surface area contributed by atoms with Crippen LogP contribution in [-0.2, 0) is 19.4 Å². The van der Waals surface area contributed by atoms with Crippen LogP contribution in [0.5, 0.6) is 0 Å². The van der Waals surface area contributed by atoms with Gasteiger partial charge in [0.05, 0.1) is 23.2 Å². The van der Waals surface area contributed by atoms with Crippen LogP contribution in [0.25, 0.3) is 0 Å². The van der Waals surface area contributed by atoms with Crippen LogP contribution in [0.1, 0.15) is 19.3 Å². The maximum atomic E-state index is 12.4. The zero-order chi connectivity index (χ0) is 21.4. The molecular weight excluding hydrogens is 404 g/mol. The Morgan fingerprint density at radius 1 is 1.03 bits per heavy atom. The minimum absolute atomic E-state index is 0.0393. The number of rotatable bonds is 7. The van der Waals surface area contributed by atoms with E-state index in [-0.39, 0.29) is 35.7 Å². The van der Waals surface area contributed by atoms with Gasteiger partial charge in [-0.3, -0.25) is 4.79 Å². The number of nitrogens with zero attached hydrogens (tertiary/aromatic N) is 1. The molecule has 1 aliphatic heterocycles. The molecule has 0 bridgehead atoms. The SMILES string of the molecule is O=C(OCCCS(=O)(=O)c1ccccc1)C1CCCN(C(=O)Nc2ccccc2)C1. The number of carbonyl (C=O) groups is 2. The number of amides is 2. The number of anilines is 1. The molecule has 1 N–H and O–H groups in total. The fraction of sp³-hybridized carbons (Fsp3) is 0.364. The minimum atomic E-state index is -3.39. The molecule has 160 valence electrons. The lowest BCUT2D eigenvalue weighted by molar-refractivity contribution is -0.150. The summed E-state index contributed by atoms with van der Waals surface area (Å²) in [7, 11) is -3.39. The number of likely N-dealkylation sites (tertiary alicyclic amines) is 1. The van der Waals surface area contributed by atoms with E-state index in [1.165, 1.54) is 0 Å². The molecule has 0 spiro atoms. The minimum Gasteiger partial charge on any atom is -0.465 e. The Hall–Kier alpha value is -2.87. The van der Waals surface area contributed by atoms with Gasteiger partial charge in [-0.1, -0.05) is 36.4 Å². The summed E-state index contributed by atoms with van der Waals surface area (Å²) in [6, 6.07) is 17.1. The second-order valence-corrected chi connectivity index (χ2v) is 9.34. The largest absolute Gasteiger partial charge is 0.465 e. The Morgan fingerprint density at radius 2 is 1.70 bits per heavy atom. The quantitative estimate of drug-likeness (QED) is 0.537. The first kappa shape index (κ1) is 21.8. The summed E-state index contributed by atoms with van der Waals surface area (Å²) in [5, 5.41) is 2.82. The Morgan fingerprint density at radius 3 is 2.40 bits per heavy atom. The van der Waals surface area contributed by atoms with Gasteiger partial charge in [-0.25, -0.2) is 13.2 Å². The second kappa shape index (κ2) is 10.2. The van der Waals surface area contributed by atoms with E-state index < -0.39 is 15.8 Å². The predicted molar refractivity (Wildman–Crippen MR) is 114 cm³/mol. The molecule has 7 nitrogen and oxygen atoms in total. The van der Waals surface area contributed by atoms with Gasteiger partial charge < -0.3 is 15.0 Å². The van der Waals surface area contributed by atoms with Gasteiger partial charge in [-0.2, -0.15) is 0 Å². The standard InChI is InChI=1S/C22H26N2O5S/c25-21(29-15-8-16-30(27,28)20-12-5-2-6-13-20)18-9-7-14-24(17-18)22(26)23-19-10-3-1-4-11-19/h1-6,10-13,18H,7-9,14-17H2,(H,23,26). The summed E-state index contributed by atoms with van der Waals surface area (Å²) < 4.78 is 29.8. The Bertz CT molecular complexity index is 948. The monoisotopic (exact) mass is 430 g/mol. The number of esters is 1. The van der Waals surface area contributed by atoms with Gasteiger partial charge in [0.2, 0.25) is 0 Å². The van der Waals surface area contributed by atoms with Crippen molar-refractivity contribution >= 4 is 27.5 Å². The fourth-order valence-electron chi connectivity index (χ4n) is 3.36. The van der Waals surface area contributed by atoms with Crippen LogP contribution in [0.3, 0.4) is 0 Å². The topological polar surface area (TPSA) is 92.8 Å². The highest BCUT2D eigenvalue weighted by Crippen LogP contribution is 2.19. The Kier molecular flexibility index (Phi) is 7.46. The summed E-state index contributed by atoms with van der Waals surface area (Å²) in [4.78, 5) is 26.7. The number of benzene rings is 2. The molecule has 0 radical (unpaired) electrons. The van der Waals surface area contributed by atoms with E-state index in [1.807, 2.05) is 18.2 Å². The van der Waals surface area contributed by atoms with Gasteiger partial charge in [-0.05, 0) is 43.5 Å². The number of hydrogen-bond donors (Lipinski definition) is 1. The molecule has 1 unspecified atom stereocenters. The van der Waals surface area contributed by atoms with E-state index in [0.29, 0.717) is 31.6 Å². The number of hydrogen-bond acceptors (Lipinski definition) is 5. The first-order valence-electron chi connectivity index (χ1n) is 10.0. The highest BCUT2D eigenvalue weighted by Gasteiger charge is 2.29. The molecule has 2 aromatic carbocycles. The number of carbonyl (C=O) groups excluding carboxylic acids is 2. The molecule has 1 fully saturated rings. The molecule has 1 atom stereocenters. The second-order valence-electron chi connectivity index (χ2n) is 7.23. The van der Waals surface area contributed by atoms with Crippen LogP contribution in [-0.4, -0.2) is 50.8 Å². The van der Waals surface area contributed by atoms with Crippen LogP contribution in [0, 0.1) is 5.92 Å². The molecule has 8 heteroatoms. The first-order chi connectivity index (χ1) is 14.5. The highest BCUT2D eigenvalue weighted by atomic mass is 32.2. The van der Waals surface area contributed by atoms with Crippen molar-refractivity contribution in [2.75, 3.05) is 30.8 Å². The normalized spacial score (nSPS) is 16.7. The highest BCUT2D eigenvalue weighted by molar-refractivity contribution is 7.91. The molecular formula is C22H26N2O5S. The van der Waals surface area contributed by atoms with Crippen molar-refractivity contribution in [3.8, 4) is 0 Å². The van der Waals surface area contributed by atoms with E-state index in [9.17, 15) is 18.0 Å². The molecule has 0 saturated carbocycles. The lowest BCUT2D eigenvalue weighted by Crippen LogP contribution is -2.44. The van der Waals surface area contributed by atoms with Crippen molar-refractivity contribution in [3.63, 3.8) is 0 Å². The smallest absolute Gasteiger partial charge is 0.321 e. The van der Waals surface area contributed by atoms with Crippen molar-refractivity contribution in [2.45, 2.75) is 24.2 Å². The van der Waals surface area contributed by atoms with E-state index in [2.05, 4.69) is 5.32 Å². The van der Waals surface area contributed by atoms with Crippen LogP contribution >= 0.6 is 0 Å². The third-order valence-corrected chi connectivity index (χ3v) is 6.79. The molecule has 0 aliphatic carbocycles. The summed E-state index contributed by atoms with van der Waals surface area (Å²) >= 11 is 0. The van der Waals surface area contributed by atoms with Crippen LogP contribution < -0.4 is 5.32 Å². The average molecular weight is 431 g/mol. The fourth-order valence-corrected chi connectivity index (χ4v) is 4.67. The van der Waals surface area contributed by atoms with Crippen LogP contribution in [0.15, 0.2) is 65.6 Å². The number of para-hydroxylation sites is 1. The molecule has 3 rings (SSSR count). The molecule has 30 heavy (non-hydrogen) atoms. The van der Waals surface area contributed by atoms with Crippen LogP contribution in [0.2, 0.25) is 0 Å². The maximum Gasteiger partial charge on any atom is 0.321 e. The van der Waals surface area contributed by atoms with E-state index in [1.54, 1.807) is 47.4 Å². The number of urea groups is 1. The van der Waals surface area contributed by atoms with E-state index >= 15 is 0 Å². The molecule has 1 heterocycles. The number of piperidine rings is 1. The van der Waals surface area contributed by atoms with Crippen molar-refractivity contribution in [3.05, 3.63) is 60.7 Å². The Balaban J connectivity index is 1.43. The van der Waals surface area contributed by atoms with Gasteiger partial charge in [0, 0.05) is 18.8 Å². The maximum absolute atomic E-state index is 12.4. The number of ether oxygens (including phenoxy) is 1. The van der Waals surface area contributed by atoms with Crippen molar-refractivity contribution in [1.29, 1.82) is 0 Å². The van der Waals surface area contributed by atoms with Crippen LogP contribution in [0.4, 0.5) is 10.5 Å². The molecule has 1 saturated heterocycles. The first-order valence-corrected chi connectivity index (χ1v) is 11.7. The van der Waals surface area contributed by atoms with Gasteiger partial charge in [0.1, 0.15) is 0 Å². The third kappa shape index (κ3) is 6.06. The third-order valence-electron chi connectivity index (χ3n) is 4.97. The van der Waals surface area contributed by atoms with Crippen molar-refractivity contribution < 1.29 is 22.7 Å². The summed E-state index contributed by atoms with van der Waals surface area (Å²) in [6.07, 6.45) is 1.59. The van der Waals surface area contributed by atoms with Crippen molar-refractivity contribution in [1.82, 2.24) is 4.90 Å². The van der Waals surface area contributed by atoms with Gasteiger partial charge in [0.25, 0.3) is 0 Å². The lowest BCUT2D eigenvalue weighted by atomic mass is 9.98. The van der Waals surface area contributed by atoms with E-state index in [0.717, 1.165) is 0 Å². The van der Waals surface area contributed by atoms with Gasteiger partial charge in [0.15, 0.2) is 9.84 Å². The van der Waals surface area contributed by atoms with Gasteiger partial charge in [-0.15, -0.1) is 0 Å². The Labute approximate surface area is 177 Å². The zero-order valence-electron chi connectivity index (χ0n) is 16.7. The molecule has 0 aromatic heterocycles. The molecule has 2 amide bonds. The van der Waals surface area contributed by atoms with E-state index in [4.69, 9.17) is 4.74 Å². The lowest BCUT2D eigenvalue weighted by Gasteiger charge is -2.31. The summed E-state index contributed by atoms with van der Waals surface area (Å²) in [5.74, 6) is -0.865. The number of nitrogens with one attached hydrogen (secondary N) is 1. The number of sulfone groups is 1. The zero-order valence-corrected chi connectivity index (χ0v) is 17.5. The van der Waals surface area contributed by atoms with Gasteiger partial charge >= 0.3 is 12.0 Å². The average Bonchev–Trinajstić information content (AvgIpc) is 2.78. The summed E-state index contributed by atoms with van der Waals surface area (Å²) in [5.41, 5.74) is 0.701.